The maximum atomic E-state index is 12.9. The Labute approximate surface area is 117 Å². The van der Waals surface area contributed by atoms with Crippen LogP contribution in [0.1, 0.15) is 29.9 Å². The van der Waals surface area contributed by atoms with Crippen molar-refractivity contribution in [3.63, 3.8) is 0 Å². The van der Waals surface area contributed by atoms with Gasteiger partial charge in [-0.1, -0.05) is 30.7 Å². The standard InChI is InChI=1S/C14H17ClFN3/c1-3-12-14(15)13(19(2)18-12)8-11(17)9-4-6-10(16)7-5-9/h4-7,11H,3,8,17H2,1-2H3. The van der Waals surface area contributed by atoms with Crippen molar-refractivity contribution in [2.75, 3.05) is 0 Å². The lowest BCUT2D eigenvalue weighted by Gasteiger charge is -2.12. The predicted molar refractivity (Wildman–Crippen MR) is 74.6 cm³/mol. The van der Waals surface area contributed by atoms with Crippen molar-refractivity contribution in [1.82, 2.24) is 9.78 Å². The zero-order chi connectivity index (χ0) is 14.0. The smallest absolute Gasteiger partial charge is 0.123 e. The van der Waals surface area contributed by atoms with Crippen molar-refractivity contribution in [2.24, 2.45) is 12.8 Å². The van der Waals surface area contributed by atoms with Gasteiger partial charge in [0, 0.05) is 19.5 Å². The number of hydrogen-bond acceptors (Lipinski definition) is 2. The maximum absolute atomic E-state index is 12.9. The van der Waals surface area contributed by atoms with E-state index in [2.05, 4.69) is 5.10 Å². The van der Waals surface area contributed by atoms with Gasteiger partial charge in [0.15, 0.2) is 0 Å². The van der Waals surface area contributed by atoms with E-state index >= 15 is 0 Å². The molecule has 2 aromatic rings. The van der Waals surface area contributed by atoms with E-state index < -0.39 is 0 Å². The number of nitrogens with zero attached hydrogens (tertiary/aromatic N) is 2. The van der Waals surface area contributed by atoms with Gasteiger partial charge in [0.25, 0.3) is 0 Å². The summed E-state index contributed by atoms with van der Waals surface area (Å²) in [5.74, 6) is -0.261. The Bertz CT molecular complexity index is 563. The lowest BCUT2D eigenvalue weighted by atomic mass is 10.0. The highest BCUT2D eigenvalue weighted by Crippen LogP contribution is 2.25. The fourth-order valence-electron chi connectivity index (χ4n) is 2.08. The summed E-state index contributed by atoms with van der Waals surface area (Å²) in [5, 5.41) is 5.04. The van der Waals surface area contributed by atoms with Crippen LogP contribution in [0.4, 0.5) is 4.39 Å². The number of aryl methyl sites for hydroxylation is 2. The summed E-state index contributed by atoms with van der Waals surface area (Å²) in [6.45, 7) is 2.01. The normalized spacial score (nSPS) is 12.7. The maximum Gasteiger partial charge on any atom is 0.123 e. The van der Waals surface area contributed by atoms with Crippen molar-refractivity contribution < 1.29 is 4.39 Å². The van der Waals surface area contributed by atoms with Crippen LogP contribution in [-0.2, 0) is 19.9 Å². The quantitative estimate of drug-likeness (QED) is 0.936. The molecule has 1 unspecified atom stereocenters. The minimum Gasteiger partial charge on any atom is -0.324 e. The lowest BCUT2D eigenvalue weighted by Crippen LogP contribution is -2.15. The molecule has 1 heterocycles. The van der Waals surface area contributed by atoms with Crippen LogP contribution in [-0.4, -0.2) is 9.78 Å². The van der Waals surface area contributed by atoms with E-state index in [9.17, 15) is 4.39 Å². The van der Waals surface area contributed by atoms with Gasteiger partial charge in [0.05, 0.1) is 16.4 Å². The van der Waals surface area contributed by atoms with Crippen LogP contribution >= 0.6 is 11.6 Å². The highest BCUT2D eigenvalue weighted by Gasteiger charge is 2.16. The number of halogens is 2. The third-order valence-electron chi connectivity index (χ3n) is 3.21. The van der Waals surface area contributed by atoms with E-state index in [1.165, 1.54) is 12.1 Å². The summed E-state index contributed by atoms with van der Waals surface area (Å²) in [6, 6.07) is 6.00. The van der Waals surface area contributed by atoms with Crippen LogP contribution in [0.3, 0.4) is 0 Å². The molecule has 1 aromatic carbocycles. The van der Waals surface area contributed by atoms with Crippen LogP contribution in [0, 0.1) is 5.82 Å². The minimum absolute atomic E-state index is 0.224. The monoisotopic (exact) mass is 281 g/mol. The fraction of sp³-hybridized carbons (Fsp3) is 0.357. The second kappa shape index (κ2) is 5.72. The van der Waals surface area contributed by atoms with E-state index in [-0.39, 0.29) is 11.9 Å². The molecule has 0 aliphatic heterocycles. The molecule has 0 radical (unpaired) electrons. The molecule has 1 atom stereocenters. The van der Waals surface area contributed by atoms with Gasteiger partial charge in [-0.25, -0.2) is 4.39 Å². The number of nitrogens with two attached hydrogens (primary N) is 1. The molecular formula is C14H17ClFN3. The highest BCUT2D eigenvalue weighted by atomic mass is 35.5. The molecule has 0 bridgehead atoms. The zero-order valence-corrected chi connectivity index (χ0v) is 11.8. The van der Waals surface area contributed by atoms with E-state index in [1.54, 1.807) is 16.8 Å². The predicted octanol–water partition coefficient (Wildman–Crippen LogP) is 3.02. The number of aromatic nitrogens is 2. The third-order valence-corrected chi connectivity index (χ3v) is 3.65. The Kier molecular flexibility index (Phi) is 4.22. The molecule has 0 saturated heterocycles. The van der Waals surface area contributed by atoms with Gasteiger partial charge in [-0.2, -0.15) is 5.10 Å². The Morgan fingerprint density at radius 1 is 1.37 bits per heavy atom. The molecule has 0 amide bonds. The Hall–Kier alpha value is -1.39. The summed E-state index contributed by atoms with van der Waals surface area (Å²) in [5.41, 5.74) is 8.82. The van der Waals surface area contributed by atoms with Crippen LogP contribution in [0.25, 0.3) is 0 Å². The topological polar surface area (TPSA) is 43.8 Å². The summed E-state index contributed by atoms with van der Waals surface area (Å²) in [4.78, 5) is 0. The minimum atomic E-state index is -0.261. The second-order valence-electron chi connectivity index (χ2n) is 4.55. The van der Waals surface area contributed by atoms with Crippen molar-refractivity contribution in [3.8, 4) is 0 Å². The van der Waals surface area contributed by atoms with Crippen LogP contribution < -0.4 is 5.73 Å². The van der Waals surface area contributed by atoms with Gasteiger partial charge in [-0.3, -0.25) is 4.68 Å². The van der Waals surface area contributed by atoms with Crippen LogP contribution in [0.2, 0.25) is 5.02 Å². The highest BCUT2D eigenvalue weighted by molar-refractivity contribution is 6.31. The zero-order valence-electron chi connectivity index (χ0n) is 11.0. The van der Waals surface area contributed by atoms with Crippen molar-refractivity contribution in [3.05, 3.63) is 52.1 Å². The molecule has 0 aliphatic rings. The fourth-order valence-corrected chi connectivity index (χ4v) is 2.45. The average molecular weight is 282 g/mol. The summed E-state index contributed by atoms with van der Waals surface area (Å²) < 4.78 is 14.6. The summed E-state index contributed by atoms with van der Waals surface area (Å²) in [6.07, 6.45) is 1.37. The van der Waals surface area contributed by atoms with Crippen LogP contribution in [0.5, 0.6) is 0 Å². The van der Waals surface area contributed by atoms with E-state index in [4.69, 9.17) is 17.3 Å². The van der Waals surface area contributed by atoms with Gasteiger partial charge >= 0.3 is 0 Å². The largest absolute Gasteiger partial charge is 0.324 e. The first-order valence-corrected chi connectivity index (χ1v) is 6.62. The molecule has 0 saturated carbocycles. The van der Waals surface area contributed by atoms with Gasteiger partial charge in [0.1, 0.15) is 5.82 Å². The van der Waals surface area contributed by atoms with E-state index in [1.807, 2.05) is 14.0 Å². The number of hydrogen-bond donors (Lipinski definition) is 1. The molecule has 5 heteroatoms. The number of benzene rings is 1. The lowest BCUT2D eigenvalue weighted by molar-refractivity contribution is 0.619. The average Bonchev–Trinajstić information content (AvgIpc) is 2.67. The molecule has 0 aliphatic carbocycles. The van der Waals surface area contributed by atoms with E-state index in [0.717, 1.165) is 23.4 Å². The summed E-state index contributed by atoms with van der Waals surface area (Å²) in [7, 11) is 1.86. The Morgan fingerprint density at radius 2 is 2.00 bits per heavy atom. The first-order valence-electron chi connectivity index (χ1n) is 6.24. The van der Waals surface area contributed by atoms with Gasteiger partial charge in [-0.15, -0.1) is 0 Å². The first-order chi connectivity index (χ1) is 9.02. The SMILES string of the molecule is CCc1nn(C)c(CC(N)c2ccc(F)cc2)c1Cl. The Balaban J connectivity index is 2.21. The van der Waals surface area contributed by atoms with Crippen molar-refractivity contribution >= 4 is 11.6 Å². The summed E-state index contributed by atoms with van der Waals surface area (Å²) >= 11 is 6.29. The molecule has 0 fully saturated rings. The molecule has 2 N–H and O–H groups in total. The number of rotatable bonds is 4. The molecular weight excluding hydrogens is 265 g/mol. The first kappa shape index (κ1) is 14.0. The van der Waals surface area contributed by atoms with Crippen molar-refractivity contribution in [1.29, 1.82) is 0 Å². The molecule has 2 rings (SSSR count). The molecule has 0 spiro atoms. The van der Waals surface area contributed by atoms with Gasteiger partial charge in [0.2, 0.25) is 0 Å². The van der Waals surface area contributed by atoms with E-state index in [0.29, 0.717) is 11.4 Å². The second-order valence-corrected chi connectivity index (χ2v) is 4.92. The molecule has 19 heavy (non-hydrogen) atoms. The molecule has 1 aromatic heterocycles. The van der Waals surface area contributed by atoms with Gasteiger partial charge < -0.3 is 5.73 Å². The molecule has 102 valence electrons. The van der Waals surface area contributed by atoms with Crippen molar-refractivity contribution in [2.45, 2.75) is 25.8 Å². The molecule has 3 nitrogen and oxygen atoms in total. The third kappa shape index (κ3) is 2.96. The Morgan fingerprint density at radius 3 is 2.53 bits per heavy atom. The van der Waals surface area contributed by atoms with Crippen LogP contribution in [0.15, 0.2) is 24.3 Å². The van der Waals surface area contributed by atoms with Gasteiger partial charge in [-0.05, 0) is 24.1 Å².